The molecule has 0 bridgehead atoms. The average molecular weight is 364 g/mol. The number of pyridine rings is 1. The number of hydrogen-bond acceptors (Lipinski definition) is 3. The Balaban J connectivity index is 1.54. The molecule has 0 unspecified atom stereocenters. The Morgan fingerprint density at radius 1 is 1.26 bits per heavy atom. The van der Waals surface area contributed by atoms with Crippen LogP contribution in [0.1, 0.15) is 22.3 Å². The van der Waals surface area contributed by atoms with Crippen LogP contribution in [-0.2, 0) is 0 Å². The largest absolute Gasteiger partial charge is 0.363 e. The van der Waals surface area contributed by atoms with Crippen LogP contribution in [0.3, 0.4) is 0 Å². The van der Waals surface area contributed by atoms with E-state index in [1.165, 1.54) is 17.7 Å². The highest BCUT2D eigenvalue weighted by Gasteiger charge is 2.21. The molecule has 27 heavy (non-hydrogen) atoms. The molecule has 0 radical (unpaired) electrons. The number of rotatable bonds is 3. The monoisotopic (exact) mass is 364 g/mol. The van der Waals surface area contributed by atoms with Crippen LogP contribution < -0.4 is 4.90 Å². The van der Waals surface area contributed by atoms with Gasteiger partial charge in [-0.15, -0.1) is 0 Å². The lowest BCUT2D eigenvalue weighted by molar-refractivity contribution is 0.0773. The predicted molar refractivity (Wildman–Crippen MR) is 105 cm³/mol. The number of aromatic amines is 1. The molecule has 1 aromatic carbocycles. The summed E-state index contributed by atoms with van der Waals surface area (Å²) < 4.78 is 13.4. The van der Waals surface area contributed by atoms with Crippen molar-refractivity contribution in [3.63, 3.8) is 0 Å². The fourth-order valence-electron chi connectivity index (χ4n) is 3.44. The molecule has 138 valence electrons. The van der Waals surface area contributed by atoms with Crippen molar-refractivity contribution in [1.82, 2.24) is 14.9 Å². The van der Waals surface area contributed by atoms with E-state index in [1.807, 2.05) is 36.2 Å². The first-order valence-corrected chi connectivity index (χ1v) is 8.91. The van der Waals surface area contributed by atoms with Crippen molar-refractivity contribution in [3.05, 3.63) is 65.7 Å². The third-order valence-electron chi connectivity index (χ3n) is 4.94. The summed E-state index contributed by atoms with van der Waals surface area (Å²) in [5.74, 6) is 0.525. The van der Waals surface area contributed by atoms with Crippen LogP contribution in [0.2, 0.25) is 0 Å². The second kappa shape index (κ2) is 6.87. The van der Waals surface area contributed by atoms with Gasteiger partial charge in [0.2, 0.25) is 0 Å². The van der Waals surface area contributed by atoms with E-state index in [0.29, 0.717) is 18.7 Å². The maximum absolute atomic E-state index is 13.4. The van der Waals surface area contributed by atoms with Crippen molar-refractivity contribution in [2.75, 3.05) is 32.1 Å². The number of halogens is 1. The Kier molecular flexibility index (Phi) is 4.39. The SMILES string of the molecule is CN(C)c1cc(C(=O)N2CC=C(c3c[nH]c4cc(F)ccc34)CC2)ccn1. The predicted octanol–water partition coefficient (Wildman–Crippen LogP) is 3.70. The average Bonchev–Trinajstić information content (AvgIpc) is 3.10. The molecule has 0 saturated heterocycles. The zero-order valence-corrected chi connectivity index (χ0v) is 15.4. The van der Waals surface area contributed by atoms with E-state index < -0.39 is 0 Å². The number of fused-ring (bicyclic) bond motifs is 1. The first-order valence-electron chi connectivity index (χ1n) is 8.91. The van der Waals surface area contributed by atoms with Gasteiger partial charge in [0.1, 0.15) is 11.6 Å². The van der Waals surface area contributed by atoms with Gasteiger partial charge in [0.15, 0.2) is 0 Å². The number of carbonyl (C=O) groups is 1. The molecular formula is C21H21FN4O. The molecule has 0 atom stereocenters. The summed E-state index contributed by atoms with van der Waals surface area (Å²) >= 11 is 0. The molecule has 1 aliphatic rings. The molecule has 1 amide bonds. The zero-order chi connectivity index (χ0) is 19.0. The molecular weight excluding hydrogens is 343 g/mol. The summed E-state index contributed by atoms with van der Waals surface area (Å²) in [5, 5.41) is 1.01. The number of nitrogens with one attached hydrogen (secondary N) is 1. The van der Waals surface area contributed by atoms with Gasteiger partial charge in [-0.25, -0.2) is 9.37 Å². The summed E-state index contributed by atoms with van der Waals surface area (Å²) in [6.45, 7) is 1.21. The highest BCUT2D eigenvalue weighted by Crippen LogP contribution is 2.30. The first kappa shape index (κ1) is 17.3. The summed E-state index contributed by atoms with van der Waals surface area (Å²) in [6.07, 6.45) is 6.43. The van der Waals surface area contributed by atoms with Gasteiger partial charge in [-0.3, -0.25) is 4.79 Å². The van der Waals surface area contributed by atoms with Crippen LogP contribution in [0.25, 0.3) is 16.5 Å². The lowest BCUT2D eigenvalue weighted by Crippen LogP contribution is -2.34. The molecule has 4 rings (SSSR count). The van der Waals surface area contributed by atoms with Crippen LogP contribution >= 0.6 is 0 Å². The van der Waals surface area contributed by atoms with Crippen molar-refractivity contribution in [1.29, 1.82) is 0 Å². The Morgan fingerprint density at radius 2 is 2.11 bits per heavy atom. The quantitative estimate of drug-likeness (QED) is 0.771. The molecule has 6 heteroatoms. The molecule has 0 fully saturated rings. The fourth-order valence-corrected chi connectivity index (χ4v) is 3.44. The maximum atomic E-state index is 13.4. The van der Waals surface area contributed by atoms with E-state index in [0.717, 1.165) is 28.7 Å². The molecule has 0 saturated carbocycles. The van der Waals surface area contributed by atoms with E-state index in [2.05, 4.69) is 16.0 Å². The van der Waals surface area contributed by atoms with E-state index in [1.54, 1.807) is 18.3 Å². The Hall–Kier alpha value is -3.15. The minimum Gasteiger partial charge on any atom is -0.363 e. The van der Waals surface area contributed by atoms with Gasteiger partial charge in [-0.1, -0.05) is 6.08 Å². The third kappa shape index (κ3) is 3.30. The maximum Gasteiger partial charge on any atom is 0.254 e. The summed E-state index contributed by atoms with van der Waals surface area (Å²) in [5.41, 5.74) is 3.70. The molecule has 1 aliphatic heterocycles. The highest BCUT2D eigenvalue weighted by molar-refractivity contribution is 5.96. The number of H-pyrrole nitrogens is 1. The van der Waals surface area contributed by atoms with Crippen LogP contribution in [0, 0.1) is 5.82 Å². The van der Waals surface area contributed by atoms with E-state index in [-0.39, 0.29) is 11.7 Å². The van der Waals surface area contributed by atoms with Gasteiger partial charge >= 0.3 is 0 Å². The van der Waals surface area contributed by atoms with E-state index in [9.17, 15) is 9.18 Å². The summed E-state index contributed by atoms with van der Waals surface area (Å²) in [6, 6.07) is 8.35. The van der Waals surface area contributed by atoms with Gasteiger partial charge in [0.25, 0.3) is 5.91 Å². The van der Waals surface area contributed by atoms with Gasteiger partial charge in [-0.05, 0) is 42.3 Å². The van der Waals surface area contributed by atoms with E-state index in [4.69, 9.17) is 0 Å². The lowest BCUT2D eigenvalue weighted by atomic mass is 9.98. The smallest absolute Gasteiger partial charge is 0.254 e. The van der Waals surface area contributed by atoms with E-state index >= 15 is 0 Å². The van der Waals surface area contributed by atoms with Crippen molar-refractivity contribution >= 4 is 28.2 Å². The second-order valence-electron chi connectivity index (χ2n) is 6.92. The Bertz CT molecular complexity index is 1040. The van der Waals surface area contributed by atoms with Crippen molar-refractivity contribution in [2.45, 2.75) is 6.42 Å². The Morgan fingerprint density at radius 3 is 2.85 bits per heavy atom. The third-order valence-corrected chi connectivity index (χ3v) is 4.94. The molecule has 3 aromatic rings. The molecule has 3 heterocycles. The number of carbonyl (C=O) groups excluding carboxylic acids is 1. The number of nitrogens with zero attached hydrogens (tertiary/aromatic N) is 3. The molecule has 0 spiro atoms. The minimum absolute atomic E-state index is 0.0109. The van der Waals surface area contributed by atoms with Crippen LogP contribution in [0.4, 0.5) is 10.2 Å². The van der Waals surface area contributed by atoms with Crippen LogP contribution in [-0.4, -0.2) is 48.0 Å². The number of amides is 1. The van der Waals surface area contributed by atoms with Gasteiger partial charge < -0.3 is 14.8 Å². The summed E-state index contributed by atoms with van der Waals surface area (Å²) in [7, 11) is 3.80. The van der Waals surface area contributed by atoms with Crippen LogP contribution in [0.15, 0.2) is 48.8 Å². The molecule has 0 aliphatic carbocycles. The van der Waals surface area contributed by atoms with Crippen molar-refractivity contribution in [2.24, 2.45) is 0 Å². The topological polar surface area (TPSA) is 52.2 Å². The van der Waals surface area contributed by atoms with Crippen LogP contribution in [0.5, 0.6) is 0 Å². The standard InChI is InChI=1S/C21H21FN4O/c1-25(2)20-11-15(5-8-23-20)21(27)26-9-6-14(7-10-26)18-13-24-19-12-16(22)3-4-17(18)19/h3-6,8,11-13,24H,7,9-10H2,1-2H3. The second-order valence-corrected chi connectivity index (χ2v) is 6.92. The molecule has 2 aromatic heterocycles. The number of aromatic nitrogens is 2. The van der Waals surface area contributed by atoms with Crippen molar-refractivity contribution < 1.29 is 9.18 Å². The fraction of sp³-hybridized carbons (Fsp3) is 0.238. The highest BCUT2D eigenvalue weighted by atomic mass is 19.1. The van der Waals surface area contributed by atoms with Gasteiger partial charge in [0, 0.05) is 61.6 Å². The number of anilines is 1. The number of benzene rings is 1. The normalized spacial score (nSPS) is 14.3. The summed E-state index contributed by atoms with van der Waals surface area (Å²) in [4.78, 5) is 23.9. The Labute approximate surface area is 157 Å². The molecule has 5 nitrogen and oxygen atoms in total. The first-order chi connectivity index (χ1) is 13.0. The lowest BCUT2D eigenvalue weighted by Gasteiger charge is -2.27. The van der Waals surface area contributed by atoms with Crippen molar-refractivity contribution in [3.8, 4) is 0 Å². The molecule has 1 N–H and O–H groups in total. The van der Waals surface area contributed by atoms with Gasteiger partial charge in [0.05, 0.1) is 0 Å². The van der Waals surface area contributed by atoms with Gasteiger partial charge in [-0.2, -0.15) is 0 Å². The minimum atomic E-state index is -0.250. The number of hydrogen-bond donors (Lipinski definition) is 1. The zero-order valence-electron chi connectivity index (χ0n) is 15.4.